The van der Waals surface area contributed by atoms with Gasteiger partial charge in [-0.3, -0.25) is 9.59 Å². The van der Waals surface area contributed by atoms with Crippen molar-refractivity contribution in [1.29, 1.82) is 0 Å². The molecule has 178 valence electrons. The lowest BCUT2D eigenvalue weighted by Crippen LogP contribution is -2.40. The molecule has 1 N–H and O–H groups in total. The maximum absolute atomic E-state index is 12.8. The van der Waals surface area contributed by atoms with Crippen LogP contribution in [0.15, 0.2) is 46.2 Å². The fourth-order valence-corrected chi connectivity index (χ4v) is 5.69. The van der Waals surface area contributed by atoms with Gasteiger partial charge in [-0.15, -0.1) is 11.8 Å². The zero-order chi connectivity index (χ0) is 24.0. The molecule has 8 nitrogen and oxygen atoms in total. The second kappa shape index (κ2) is 11.7. The van der Waals surface area contributed by atoms with E-state index in [9.17, 15) is 18.0 Å². The van der Waals surface area contributed by atoms with Gasteiger partial charge in [-0.1, -0.05) is 34.8 Å². The van der Waals surface area contributed by atoms with E-state index in [0.717, 1.165) is 11.8 Å². The highest BCUT2D eigenvalue weighted by Crippen LogP contribution is 2.30. The summed E-state index contributed by atoms with van der Waals surface area (Å²) in [5.41, 5.74) is 0.0899. The van der Waals surface area contributed by atoms with Gasteiger partial charge in [0.05, 0.1) is 39.6 Å². The number of benzene rings is 2. The van der Waals surface area contributed by atoms with Crippen molar-refractivity contribution in [3.63, 3.8) is 0 Å². The molecular formula is C20H19Cl3N2O6S2. The van der Waals surface area contributed by atoms with Gasteiger partial charge in [0.25, 0.3) is 5.91 Å². The second-order valence-corrected chi connectivity index (χ2v) is 10.9. The number of thioether (sulfide) groups is 1. The number of nitrogens with one attached hydrogen (secondary N) is 1. The Balaban J connectivity index is 1.56. The number of carbonyl (C=O) groups excluding carboxylic acids is 2. The Kier molecular flexibility index (Phi) is 9.28. The molecule has 1 fully saturated rings. The third-order valence-corrected chi connectivity index (χ3v) is 8.35. The molecule has 0 aromatic heterocycles. The Labute approximate surface area is 210 Å². The van der Waals surface area contributed by atoms with Crippen molar-refractivity contribution in [2.45, 2.75) is 9.79 Å². The molecule has 0 aliphatic carbocycles. The highest BCUT2D eigenvalue weighted by atomic mass is 35.5. The number of hydrogen-bond acceptors (Lipinski definition) is 7. The zero-order valence-corrected chi connectivity index (χ0v) is 21.0. The Morgan fingerprint density at radius 1 is 1.06 bits per heavy atom. The maximum Gasteiger partial charge on any atom is 0.316 e. The smallest absolute Gasteiger partial charge is 0.316 e. The Bertz CT molecular complexity index is 1140. The topological polar surface area (TPSA) is 102 Å². The van der Waals surface area contributed by atoms with Gasteiger partial charge in [0.2, 0.25) is 10.0 Å². The van der Waals surface area contributed by atoms with Gasteiger partial charge in [0.15, 0.2) is 6.61 Å². The number of hydrogen-bond donors (Lipinski definition) is 1. The molecule has 0 spiro atoms. The minimum Gasteiger partial charge on any atom is -0.455 e. The van der Waals surface area contributed by atoms with Gasteiger partial charge in [-0.2, -0.15) is 4.31 Å². The maximum atomic E-state index is 12.8. The van der Waals surface area contributed by atoms with E-state index in [1.807, 2.05) is 0 Å². The molecule has 1 amide bonds. The molecule has 1 aliphatic rings. The van der Waals surface area contributed by atoms with Crippen LogP contribution in [-0.4, -0.2) is 63.3 Å². The van der Waals surface area contributed by atoms with Crippen LogP contribution in [0.5, 0.6) is 0 Å². The first kappa shape index (κ1) is 26.1. The first-order chi connectivity index (χ1) is 15.7. The first-order valence-electron chi connectivity index (χ1n) is 9.57. The van der Waals surface area contributed by atoms with Gasteiger partial charge in [0, 0.05) is 23.0 Å². The highest BCUT2D eigenvalue weighted by molar-refractivity contribution is 8.00. The monoisotopic (exact) mass is 552 g/mol. The van der Waals surface area contributed by atoms with Crippen LogP contribution in [0.3, 0.4) is 0 Å². The Morgan fingerprint density at radius 3 is 2.48 bits per heavy atom. The van der Waals surface area contributed by atoms with Crippen LogP contribution in [0.1, 0.15) is 0 Å². The molecule has 1 aliphatic heterocycles. The molecule has 0 saturated carbocycles. The summed E-state index contributed by atoms with van der Waals surface area (Å²) >= 11 is 19.2. The van der Waals surface area contributed by atoms with E-state index in [4.69, 9.17) is 44.3 Å². The number of esters is 1. The molecule has 33 heavy (non-hydrogen) atoms. The molecule has 0 atom stereocenters. The van der Waals surface area contributed by atoms with Crippen LogP contribution in [0.25, 0.3) is 0 Å². The first-order valence-corrected chi connectivity index (χ1v) is 13.1. The van der Waals surface area contributed by atoms with E-state index in [1.165, 1.54) is 22.5 Å². The van der Waals surface area contributed by atoms with E-state index in [2.05, 4.69) is 5.32 Å². The van der Waals surface area contributed by atoms with Gasteiger partial charge in [0.1, 0.15) is 0 Å². The molecule has 2 aromatic rings. The van der Waals surface area contributed by atoms with Crippen molar-refractivity contribution in [1.82, 2.24) is 4.31 Å². The minimum atomic E-state index is -3.77. The quantitative estimate of drug-likeness (QED) is 0.390. The molecule has 0 bridgehead atoms. The largest absolute Gasteiger partial charge is 0.455 e. The van der Waals surface area contributed by atoms with E-state index in [0.29, 0.717) is 28.2 Å². The number of nitrogens with zero attached hydrogens (tertiary/aromatic N) is 1. The number of sulfonamides is 1. The van der Waals surface area contributed by atoms with Crippen molar-refractivity contribution in [3.05, 3.63) is 51.5 Å². The summed E-state index contributed by atoms with van der Waals surface area (Å²) < 4.78 is 37.1. The summed E-state index contributed by atoms with van der Waals surface area (Å²) in [6, 6.07) is 8.87. The van der Waals surface area contributed by atoms with Crippen LogP contribution in [0.2, 0.25) is 15.1 Å². The number of carbonyl (C=O) groups is 2. The number of ether oxygens (including phenoxy) is 2. The van der Waals surface area contributed by atoms with Crippen molar-refractivity contribution in [2.75, 3.05) is 44.0 Å². The standard InChI is InChI=1S/C20H19Cl3N2O6S2/c21-13-1-3-16(23)18(9-13)32-12-20(27)31-11-19(26)24-17-10-14(2-4-15(17)22)33(28,29)25-5-7-30-8-6-25/h1-4,9-10H,5-8,11-12H2,(H,24,26). The number of anilines is 1. The predicted octanol–water partition coefficient (Wildman–Crippen LogP) is 3.94. The molecular weight excluding hydrogens is 535 g/mol. The third-order valence-electron chi connectivity index (χ3n) is 4.42. The van der Waals surface area contributed by atoms with E-state index in [-0.39, 0.29) is 34.4 Å². The Morgan fingerprint density at radius 2 is 1.76 bits per heavy atom. The molecule has 13 heteroatoms. The van der Waals surface area contributed by atoms with Gasteiger partial charge < -0.3 is 14.8 Å². The summed E-state index contributed by atoms with van der Waals surface area (Å²) in [4.78, 5) is 24.8. The van der Waals surface area contributed by atoms with Crippen LogP contribution < -0.4 is 5.32 Å². The summed E-state index contributed by atoms with van der Waals surface area (Å²) in [6.45, 7) is 0.522. The fourth-order valence-electron chi connectivity index (χ4n) is 2.80. The average molecular weight is 554 g/mol. The van der Waals surface area contributed by atoms with Crippen LogP contribution in [0, 0.1) is 0 Å². The fraction of sp³-hybridized carbons (Fsp3) is 0.300. The van der Waals surface area contributed by atoms with Crippen molar-refractivity contribution in [2.24, 2.45) is 0 Å². The minimum absolute atomic E-state index is 0.0177. The summed E-state index contributed by atoms with van der Waals surface area (Å²) in [6.07, 6.45) is 0. The summed E-state index contributed by atoms with van der Waals surface area (Å²) in [5, 5.41) is 3.53. The predicted molar refractivity (Wildman–Crippen MR) is 128 cm³/mol. The van der Waals surface area contributed by atoms with Gasteiger partial charge >= 0.3 is 5.97 Å². The van der Waals surface area contributed by atoms with E-state index in [1.54, 1.807) is 18.2 Å². The SMILES string of the molecule is O=C(COC(=O)CSc1cc(Cl)ccc1Cl)Nc1cc(S(=O)(=O)N2CCOCC2)ccc1Cl. The normalized spacial score (nSPS) is 14.6. The van der Waals surface area contributed by atoms with Crippen molar-refractivity contribution in [3.8, 4) is 0 Å². The number of halogens is 3. The van der Waals surface area contributed by atoms with E-state index < -0.39 is 28.5 Å². The van der Waals surface area contributed by atoms with Gasteiger partial charge in [-0.25, -0.2) is 8.42 Å². The number of morpholine rings is 1. The summed E-state index contributed by atoms with van der Waals surface area (Å²) in [5.74, 6) is -1.39. The number of rotatable bonds is 8. The molecule has 0 unspecified atom stereocenters. The van der Waals surface area contributed by atoms with E-state index >= 15 is 0 Å². The van der Waals surface area contributed by atoms with Crippen LogP contribution in [-0.2, 0) is 29.1 Å². The molecule has 1 heterocycles. The lowest BCUT2D eigenvalue weighted by Gasteiger charge is -2.26. The summed E-state index contributed by atoms with van der Waals surface area (Å²) in [7, 11) is -3.77. The molecule has 2 aromatic carbocycles. The van der Waals surface area contributed by atoms with Crippen LogP contribution in [0.4, 0.5) is 5.69 Å². The van der Waals surface area contributed by atoms with Crippen LogP contribution >= 0.6 is 46.6 Å². The van der Waals surface area contributed by atoms with Gasteiger partial charge in [-0.05, 0) is 36.4 Å². The lowest BCUT2D eigenvalue weighted by atomic mass is 10.3. The number of amides is 1. The van der Waals surface area contributed by atoms with Crippen molar-refractivity contribution < 1.29 is 27.5 Å². The third kappa shape index (κ3) is 7.22. The molecule has 1 saturated heterocycles. The second-order valence-electron chi connectivity index (χ2n) is 6.73. The lowest BCUT2D eigenvalue weighted by molar-refractivity contribution is -0.144. The zero-order valence-electron chi connectivity index (χ0n) is 17.1. The molecule has 3 rings (SSSR count). The Hall–Kier alpha value is -1.53. The average Bonchev–Trinajstić information content (AvgIpc) is 2.80. The molecule has 0 radical (unpaired) electrons. The highest BCUT2D eigenvalue weighted by Gasteiger charge is 2.27. The van der Waals surface area contributed by atoms with Crippen molar-refractivity contribution >= 4 is 74.2 Å².